The highest BCUT2D eigenvalue weighted by molar-refractivity contribution is 8.03. The Hall–Kier alpha value is -1.12. The van der Waals surface area contributed by atoms with E-state index in [4.69, 9.17) is 4.74 Å². The SMILES string of the molecule is CN1CCCc2ccc(S(=O)(=O)N=S3(=O)CCOCC3)cc21. The Morgan fingerprint density at radius 2 is 2.00 bits per heavy atom. The van der Waals surface area contributed by atoms with Crippen LogP contribution in [0.1, 0.15) is 12.0 Å². The van der Waals surface area contributed by atoms with Gasteiger partial charge in [0.05, 0.1) is 39.3 Å². The average molecular weight is 344 g/mol. The molecule has 1 saturated heterocycles. The smallest absolute Gasteiger partial charge is 0.290 e. The standard InChI is InChI=1S/C14H20N2O4S2/c1-16-6-2-3-12-4-5-13(11-14(12)16)22(18,19)15-21(17)9-7-20-8-10-21/h4-5,11H,2-3,6-10H2,1H3. The van der Waals surface area contributed by atoms with E-state index in [-0.39, 0.29) is 16.4 Å². The fraction of sp³-hybridized carbons (Fsp3) is 0.571. The van der Waals surface area contributed by atoms with Gasteiger partial charge in [-0.3, -0.25) is 0 Å². The molecule has 3 rings (SSSR count). The maximum Gasteiger partial charge on any atom is 0.290 e. The van der Waals surface area contributed by atoms with Gasteiger partial charge >= 0.3 is 0 Å². The lowest BCUT2D eigenvalue weighted by atomic mass is 10.0. The number of ether oxygens (including phenoxy) is 1. The fourth-order valence-electron chi connectivity index (χ4n) is 2.78. The summed E-state index contributed by atoms with van der Waals surface area (Å²) in [6.45, 7) is 1.50. The molecule has 0 aromatic heterocycles. The van der Waals surface area contributed by atoms with Crippen molar-refractivity contribution in [3.8, 4) is 0 Å². The molecule has 0 saturated carbocycles. The van der Waals surface area contributed by atoms with Crippen molar-refractivity contribution in [3.63, 3.8) is 0 Å². The first-order valence-corrected chi connectivity index (χ1v) is 10.6. The van der Waals surface area contributed by atoms with Gasteiger partial charge in [0, 0.05) is 19.3 Å². The third-order valence-corrected chi connectivity index (χ3v) is 8.36. The second-order valence-electron chi connectivity index (χ2n) is 5.66. The van der Waals surface area contributed by atoms with Gasteiger partial charge in [-0.15, -0.1) is 3.77 Å². The molecule has 6 nitrogen and oxygen atoms in total. The molecule has 2 aliphatic heterocycles. The van der Waals surface area contributed by atoms with Crippen molar-refractivity contribution >= 4 is 25.4 Å². The lowest BCUT2D eigenvalue weighted by molar-refractivity contribution is 0.158. The van der Waals surface area contributed by atoms with Crippen molar-refractivity contribution in [1.82, 2.24) is 0 Å². The van der Waals surface area contributed by atoms with E-state index >= 15 is 0 Å². The third kappa shape index (κ3) is 3.13. The average Bonchev–Trinajstić information content (AvgIpc) is 2.47. The molecule has 1 aromatic carbocycles. The van der Waals surface area contributed by atoms with Crippen LogP contribution in [0.5, 0.6) is 0 Å². The summed E-state index contributed by atoms with van der Waals surface area (Å²) in [6, 6.07) is 5.05. The van der Waals surface area contributed by atoms with E-state index in [0.717, 1.165) is 30.6 Å². The Labute approximate surface area is 131 Å². The van der Waals surface area contributed by atoms with Crippen LogP contribution in [0.15, 0.2) is 26.9 Å². The summed E-state index contributed by atoms with van der Waals surface area (Å²) in [4.78, 5) is 2.17. The molecule has 8 heteroatoms. The Kier molecular flexibility index (Phi) is 4.17. The number of benzene rings is 1. The van der Waals surface area contributed by atoms with E-state index in [2.05, 4.69) is 3.77 Å². The van der Waals surface area contributed by atoms with Gasteiger partial charge in [0.25, 0.3) is 10.0 Å². The van der Waals surface area contributed by atoms with Crippen LogP contribution in [-0.2, 0) is 30.9 Å². The van der Waals surface area contributed by atoms with Crippen LogP contribution < -0.4 is 4.90 Å². The number of rotatable bonds is 2. The van der Waals surface area contributed by atoms with Crippen molar-refractivity contribution < 1.29 is 17.4 Å². The van der Waals surface area contributed by atoms with Crippen molar-refractivity contribution in [3.05, 3.63) is 23.8 Å². The molecule has 122 valence electrons. The first kappa shape index (κ1) is 15.8. The van der Waals surface area contributed by atoms with E-state index in [1.807, 2.05) is 18.0 Å². The zero-order valence-corrected chi connectivity index (χ0v) is 14.2. The summed E-state index contributed by atoms with van der Waals surface area (Å²) in [5, 5.41) is 0. The highest BCUT2D eigenvalue weighted by Crippen LogP contribution is 2.29. The van der Waals surface area contributed by atoms with E-state index in [0.29, 0.717) is 13.2 Å². The number of aryl methyl sites for hydroxylation is 1. The maximum atomic E-state index is 12.5. The van der Waals surface area contributed by atoms with Crippen molar-refractivity contribution in [2.24, 2.45) is 3.77 Å². The molecule has 1 fully saturated rings. The lowest BCUT2D eigenvalue weighted by Gasteiger charge is -2.27. The number of anilines is 1. The third-order valence-electron chi connectivity index (χ3n) is 4.03. The topological polar surface area (TPSA) is 76.0 Å². The predicted octanol–water partition coefficient (Wildman–Crippen LogP) is 1.26. The van der Waals surface area contributed by atoms with Gasteiger partial charge in [-0.05, 0) is 30.5 Å². The monoisotopic (exact) mass is 344 g/mol. The van der Waals surface area contributed by atoms with Gasteiger partial charge in [0.15, 0.2) is 0 Å². The minimum atomic E-state index is -3.91. The van der Waals surface area contributed by atoms with Crippen LogP contribution in [-0.4, -0.2) is 50.9 Å². The summed E-state index contributed by atoms with van der Waals surface area (Å²) < 4.78 is 46.4. The van der Waals surface area contributed by atoms with Gasteiger partial charge in [0.1, 0.15) is 0 Å². The minimum Gasteiger partial charge on any atom is -0.379 e. The zero-order chi connectivity index (χ0) is 15.8. The minimum absolute atomic E-state index is 0.120. The molecule has 0 atom stereocenters. The van der Waals surface area contributed by atoms with Crippen LogP contribution in [0.3, 0.4) is 0 Å². The molecule has 0 aliphatic carbocycles. The number of nitrogens with zero attached hydrogens (tertiary/aromatic N) is 2. The van der Waals surface area contributed by atoms with Gasteiger partial charge in [-0.1, -0.05) is 6.07 Å². The van der Waals surface area contributed by atoms with Crippen molar-refractivity contribution in [2.45, 2.75) is 17.7 Å². The Morgan fingerprint density at radius 3 is 2.73 bits per heavy atom. The van der Waals surface area contributed by atoms with Crippen LogP contribution in [0.25, 0.3) is 0 Å². The molecule has 1 aromatic rings. The van der Waals surface area contributed by atoms with E-state index in [9.17, 15) is 12.6 Å². The van der Waals surface area contributed by atoms with Gasteiger partial charge in [-0.2, -0.15) is 8.42 Å². The first-order valence-electron chi connectivity index (χ1n) is 7.30. The maximum absolute atomic E-state index is 12.5. The highest BCUT2D eigenvalue weighted by atomic mass is 32.3. The molecular formula is C14H20N2O4S2. The normalized spacial score (nSPS) is 21.2. The lowest BCUT2D eigenvalue weighted by Crippen LogP contribution is -2.27. The zero-order valence-electron chi connectivity index (χ0n) is 12.5. The molecule has 0 N–H and O–H groups in total. The molecule has 2 aliphatic rings. The Morgan fingerprint density at radius 1 is 1.27 bits per heavy atom. The predicted molar refractivity (Wildman–Crippen MR) is 86.3 cm³/mol. The summed E-state index contributed by atoms with van der Waals surface area (Å²) in [7, 11) is -4.69. The largest absolute Gasteiger partial charge is 0.379 e. The van der Waals surface area contributed by atoms with E-state index in [1.54, 1.807) is 12.1 Å². The molecule has 0 bridgehead atoms. The summed E-state index contributed by atoms with van der Waals surface area (Å²) >= 11 is 0. The van der Waals surface area contributed by atoms with Crippen LogP contribution in [0.2, 0.25) is 0 Å². The van der Waals surface area contributed by atoms with Crippen molar-refractivity contribution in [2.75, 3.05) is 43.2 Å². The summed E-state index contributed by atoms with van der Waals surface area (Å²) in [6.07, 6.45) is 2.01. The number of hydrogen-bond acceptors (Lipinski definition) is 5. The number of hydrogen-bond donors (Lipinski definition) is 0. The van der Waals surface area contributed by atoms with E-state index < -0.39 is 19.8 Å². The molecule has 0 unspecified atom stereocenters. The second kappa shape index (κ2) is 5.82. The van der Waals surface area contributed by atoms with Crippen LogP contribution >= 0.6 is 0 Å². The molecule has 0 spiro atoms. The molecule has 0 radical (unpaired) electrons. The quantitative estimate of drug-likeness (QED) is 0.807. The Bertz CT molecular complexity index is 783. The number of fused-ring (bicyclic) bond motifs is 1. The molecule has 0 amide bonds. The van der Waals surface area contributed by atoms with E-state index in [1.165, 1.54) is 0 Å². The van der Waals surface area contributed by atoms with Crippen LogP contribution in [0.4, 0.5) is 5.69 Å². The highest BCUT2D eigenvalue weighted by Gasteiger charge is 2.23. The van der Waals surface area contributed by atoms with Crippen molar-refractivity contribution in [1.29, 1.82) is 0 Å². The van der Waals surface area contributed by atoms with Gasteiger partial charge < -0.3 is 9.64 Å². The van der Waals surface area contributed by atoms with Gasteiger partial charge in [0.2, 0.25) is 0 Å². The summed E-state index contributed by atoms with van der Waals surface area (Å²) in [5.74, 6) is 0.355. The molecule has 22 heavy (non-hydrogen) atoms. The number of sulfonamides is 1. The van der Waals surface area contributed by atoms with Crippen LogP contribution in [0, 0.1) is 0 Å². The Balaban J connectivity index is 2.01. The first-order chi connectivity index (χ1) is 10.4. The fourth-order valence-corrected chi connectivity index (χ4v) is 6.61. The second-order valence-corrected chi connectivity index (χ2v) is 10.0. The summed E-state index contributed by atoms with van der Waals surface area (Å²) in [5.41, 5.74) is 2.06. The van der Waals surface area contributed by atoms with Gasteiger partial charge in [-0.25, -0.2) is 4.21 Å². The molecule has 2 heterocycles. The molecular weight excluding hydrogens is 324 g/mol.